The molecule has 3 aromatic rings. The molecular formula is C19H19PS. The highest BCUT2D eigenvalue weighted by molar-refractivity contribution is 7.80. The summed E-state index contributed by atoms with van der Waals surface area (Å²) in [5, 5.41) is 4.41. The third kappa shape index (κ3) is 2.81. The molecule has 3 rings (SSSR count). The molecule has 2 aromatic carbocycles. The lowest BCUT2D eigenvalue weighted by Gasteiger charge is -2.20. The number of thiophene rings is 1. The molecule has 1 aromatic heterocycles. The molecule has 0 aliphatic rings. The highest BCUT2D eigenvalue weighted by Crippen LogP contribution is 2.38. The van der Waals surface area contributed by atoms with E-state index < -0.39 is 7.92 Å². The van der Waals surface area contributed by atoms with Crippen molar-refractivity contribution in [3.63, 3.8) is 0 Å². The zero-order valence-corrected chi connectivity index (χ0v) is 14.3. The summed E-state index contributed by atoms with van der Waals surface area (Å²) in [7, 11) is -0.456. The topological polar surface area (TPSA) is 0 Å². The zero-order valence-electron chi connectivity index (χ0n) is 12.6. The number of rotatable bonds is 3. The molecule has 0 saturated carbocycles. The SMILES string of the molecule is Cc1sc(C)c(P(c2ccccc2)c2ccccc2)c1C. The van der Waals surface area contributed by atoms with Crippen LogP contribution in [0.2, 0.25) is 0 Å². The summed E-state index contributed by atoms with van der Waals surface area (Å²) in [6.45, 7) is 6.77. The van der Waals surface area contributed by atoms with Crippen LogP contribution in [0.3, 0.4) is 0 Å². The Bertz CT molecular complexity index is 690. The van der Waals surface area contributed by atoms with Gasteiger partial charge < -0.3 is 0 Å². The molecule has 0 saturated heterocycles. The van der Waals surface area contributed by atoms with Gasteiger partial charge in [0.15, 0.2) is 0 Å². The molecule has 0 spiro atoms. The van der Waals surface area contributed by atoms with Crippen LogP contribution in [0.1, 0.15) is 15.3 Å². The highest BCUT2D eigenvalue weighted by Gasteiger charge is 2.22. The molecule has 0 fully saturated rings. The first-order valence-electron chi connectivity index (χ1n) is 7.15. The molecular weight excluding hydrogens is 291 g/mol. The van der Waals surface area contributed by atoms with Gasteiger partial charge in [-0.15, -0.1) is 11.3 Å². The van der Waals surface area contributed by atoms with Crippen molar-refractivity contribution in [2.75, 3.05) is 0 Å². The Morgan fingerprint density at radius 2 is 1.14 bits per heavy atom. The number of hydrogen-bond donors (Lipinski definition) is 0. The van der Waals surface area contributed by atoms with Crippen molar-refractivity contribution in [1.82, 2.24) is 0 Å². The monoisotopic (exact) mass is 310 g/mol. The van der Waals surface area contributed by atoms with Gasteiger partial charge in [0.25, 0.3) is 0 Å². The molecule has 0 aliphatic heterocycles. The van der Waals surface area contributed by atoms with Gasteiger partial charge in [-0.05, 0) is 44.9 Å². The van der Waals surface area contributed by atoms with Gasteiger partial charge >= 0.3 is 0 Å². The highest BCUT2D eigenvalue weighted by atomic mass is 32.1. The van der Waals surface area contributed by atoms with Crippen LogP contribution >= 0.6 is 19.3 Å². The van der Waals surface area contributed by atoms with Gasteiger partial charge in [0.05, 0.1) is 0 Å². The summed E-state index contributed by atoms with van der Waals surface area (Å²) in [5.41, 5.74) is 1.47. The van der Waals surface area contributed by atoms with Crippen molar-refractivity contribution >= 4 is 35.2 Å². The van der Waals surface area contributed by atoms with Crippen LogP contribution < -0.4 is 15.9 Å². The molecule has 0 N–H and O–H groups in total. The average Bonchev–Trinajstić information content (AvgIpc) is 2.76. The summed E-state index contributed by atoms with van der Waals surface area (Å²) in [4.78, 5) is 2.91. The lowest BCUT2D eigenvalue weighted by atomic mass is 10.3. The predicted octanol–water partition coefficient (Wildman–Crippen LogP) is 4.43. The summed E-state index contributed by atoms with van der Waals surface area (Å²) in [5.74, 6) is 0. The molecule has 0 nitrogen and oxygen atoms in total. The second-order valence-corrected chi connectivity index (χ2v) is 8.77. The van der Waals surface area contributed by atoms with Crippen molar-refractivity contribution in [1.29, 1.82) is 0 Å². The van der Waals surface area contributed by atoms with E-state index in [9.17, 15) is 0 Å². The van der Waals surface area contributed by atoms with Gasteiger partial charge in [-0.1, -0.05) is 60.7 Å². The summed E-state index contributed by atoms with van der Waals surface area (Å²) < 4.78 is 0. The van der Waals surface area contributed by atoms with Crippen molar-refractivity contribution in [2.45, 2.75) is 20.8 Å². The molecule has 0 atom stereocenters. The Morgan fingerprint density at radius 3 is 1.52 bits per heavy atom. The van der Waals surface area contributed by atoms with Gasteiger partial charge in [-0.25, -0.2) is 0 Å². The Labute approximate surface area is 132 Å². The molecule has 2 heteroatoms. The van der Waals surface area contributed by atoms with Gasteiger partial charge in [0.1, 0.15) is 0 Å². The molecule has 1 heterocycles. The predicted molar refractivity (Wildman–Crippen MR) is 97.2 cm³/mol. The third-order valence-corrected chi connectivity index (χ3v) is 7.80. The van der Waals surface area contributed by atoms with Gasteiger partial charge in [0.2, 0.25) is 0 Å². The Morgan fingerprint density at radius 1 is 0.667 bits per heavy atom. The lowest BCUT2D eigenvalue weighted by molar-refractivity contribution is 1.46. The Balaban J connectivity index is 2.22. The van der Waals surface area contributed by atoms with Crippen LogP contribution in [0.25, 0.3) is 0 Å². The van der Waals surface area contributed by atoms with Gasteiger partial charge in [-0.3, -0.25) is 0 Å². The number of hydrogen-bond acceptors (Lipinski definition) is 1. The van der Waals surface area contributed by atoms with Gasteiger partial charge in [0, 0.05) is 15.1 Å². The van der Waals surface area contributed by atoms with E-state index in [1.165, 1.54) is 25.9 Å². The Kier molecular flexibility index (Phi) is 4.24. The lowest BCUT2D eigenvalue weighted by Crippen LogP contribution is -2.22. The summed E-state index contributed by atoms with van der Waals surface area (Å²) in [6.07, 6.45) is 0. The maximum Gasteiger partial charge on any atom is 0.0103 e. The minimum atomic E-state index is -0.456. The number of aryl methyl sites for hydroxylation is 2. The van der Waals surface area contributed by atoms with Crippen LogP contribution in [0.15, 0.2) is 60.7 Å². The van der Waals surface area contributed by atoms with Gasteiger partial charge in [-0.2, -0.15) is 0 Å². The van der Waals surface area contributed by atoms with Crippen LogP contribution in [0.4, 0.5) is 0 Å². The van der Waals surface area contributed by atoms with Crippen LogP contribution in [0, 0.1) is 20.8 Å². The summed E-state index contributed by atoms with van der Waals surface area (Å²) >= 11 is 1.93. The molecule has 0 bridgehead atoms. The fraction of sp³-hybridized carbons (Fsp3) is 0.158. The maximum atomic E-state index is 2.27. The fourth-order valence-electron chi connectivity index (χ4n) is 2.67. The second kappa shape index (κ2) is 6.13. The van der Waals surface area contributed by atoms with Crippen LogP contribution in [-0.4, -0.2) is 0 Å². The maximum absolute atomic E-state index is 2.27. The minimum Gasteiger partial charge on any atom is -0.145 e. The first-order chi connectivity index (χ1) is 10.2. The standard InChI is InChI=1S/C19H19PS/c1-14-15(2)21-16(3)19(14)20(17-10-6-4-7-11-17)18-12-8-5-9-13-18/h4-13H,1-3H3. The second-order valence-electron chi connectivity index (χ2n) is 5.19. The average molecular weight is 310 g/mol. The van der Waals surface area contributed by atoms with Crippen LogP contribution in [0.5, 0.6) is 0 Å². The Hall–Kier alpha value is -1.43. The van der Waals surface area contributed by atoms with E-state index in [1.807, 2.05) is 11.3 Å². The first-order valence-corrected chi connectivity index (χ1v) is 9.31. The molecule has 0 unspecified atom stereocenters. The van der Waals surface area contributed by atoms with Crippen molar-refractivity contribution in [2.24, 2.45) is 0 Å². The molecule has 106 valence electrons. The molecule has 0 radical (unpaired) electrons. The molecule has 0 amide bonds. The summed E-state index contributed by atoms with van der Waals surface area (Å²) in [6, 6.07) is 21.9. The van der Waals surface area contributed by atoms with E-state index in [1.54, 1.807) is 5.30 Å². The van der Waals surface area contributed by atoms with E-state index in [0.717, 1.165) is 0 Å². The van der Waals surface area contributed by atoms with Crippen LogP contribution in [-0.2, 0) is 0 Å². The minimum absolute atomic E-state index is 0.456. The third-order valence-electron chi connectivity index (χ3n) is 3.78. The van der Waals surface area contributed by atoms with E-state index in [4.69, 9.17) is 0 Å². The number of benzene rings is 2. The van der Waals surface area contributed by atoms with E-state index in [0.29, 0.717) is 0 Å². The normalized spacial score (nSPS) is 11.0. The quantitative estimate of drug-likeness (QED) is 0.628. The largest absolute Gasteiger partial charge is 0.145 e. The van der Waals surface area contributed by atoms with Crippen molar-refractivity contribution < 1.29 is 0 Å². The fourth-order valence-corrected chi connectivity index (χ4v) is 6.70. The molecule has 21 heavy (non-hydrogen) atoms. The zero-order chi connectivity index (χ0) is 14.8. The van der Waals surface area contributed by atoms with E-state index >= 15 is 0 Å². The van der Waals surface area contributed by atoms with Crippen molar-refractivity contribution in [3.05, 3.63) is 76.0 Å². The van der Waals surface area contributed by atoms with Crippen molar-refractivity contribution in [3.8, 4) is 0 Å². The van der Waals surface area contributed by atoms with E-state index in [2.05, 4.69) is 81.4 Å². The smallest absolute Gasteiger partial charge is 0.0103 e. The van der Waals surface area contributed by atoms with E-state index in [-0.39, 0.29) is 0 Å². The molecule has 0 aliphatic carbocycles. The first kappa shape index (κ1) is 14.5.